The summed E-state index contributed by atoms with van der Waals surface area (Å²) in [6.45, 7) is 6.03. The maximum absolute atomic E-state index is 12.3. The summed E-state index contributed by atoms with van der Waals surface area (Å²) in [4.78, 5) is 37.6. The van der Waals surface area contributed by atoms with E-state index >= 15 is 0 Å². The second-order valence-corrected chi connectivity index (χ2v) is 5.64. The minimum atomic E-state index is -0.310. The second kappa shape index (κ2) is 6.73. The number of hydrogen-bond donors (Lipinski definition) is 1. The predicted molar refractivity (Wildman–Crippen MR) is 83.7 cm³/mol. The van der Waals surface area contributed by atoms with Gasteiger partial charge < -0.3 is 5.32 Å². The van der Waals surface area contributed by atoms with Crippen LogP contribution in [0.4, 0.5) is 0 Å². The van der Waals surface area contributed by atoms with E-state index < -0.39 is 0 Å². The number of imide groups is 1. The summed E-state index contributed by atoms with van der Waals surface area (Å²) in [6.07, 6.45) is 1.88. The molecule has 1 aromatic carbocycles. The van der Waals surface area contributed by atoms with Gasteiger partial charge in [0.2, 0.25) is 5.91 Å². The van der Waals surface area contributed by atoms with Gasteiger partial charge >= 0.3 is 0 Å². The zero-order chi connectivity index (χ0) is 16.3. The number of nitrogens with zero attached hydrogens (tertiary/aromatic N) is 1. The van der Waals surface area contributed by atoms with Crippen LogP contribution in [0.5, 0.6) is 0 Å². The molecular formula is C17H22N2O3. The molecule has 1 heterocycles. The third-order valence-electron chi connectivity index (χ3n) is 4.04. The maximum Gasteiger partial charge on any atom is 0.261 e. The van der Waals surface area contributed by atoms with E-state index in [0.29, 0.717) is 11.1 Å². The lowest BCUT2D eigenvalue weighted by Gasteiger charge is -2.17. The molecule has 0 radical (unpaired) electrons. The molecule has 1 aliphatic rings. The Morgan fingerprint density at radius 2 is 1.77 bits per heavy atom. The molecule has 1 aromatic rings. The molecule has 0 saturated heterocycles. The fourth-order valence-corrected chi connectivity index (χ4v) is 2.61. The van der Waals surface area contributed by atoms with Crippen LogP contribution >= 0.6 is 0 Å². The molecule has 0 bridgehead atoms. The monoisotopic (exact) mass is 302 g/mol. The van der Waals surface area contributed by atoms with E-state index in [1.807, 2.05) is 26.8 Å². The van der Waals surface area contributed by atoms with Gasteiger partial charge in [0.25, 0.3) is 11.8 Å². The molecular weight excluding hydrogens is 280 g/mol. The Labute approximate surface area is 130 Å². The average Bonchev–Trinajstić information content (AvgIpc) is 2.74. The number of carbonyl (C=O) groups is 3. The minimum Gasteiger partial charge on any atom is -0.353 e. The van der Waals surface area contributed by atoms with Crippen molar-refractivity contribution in [2.75, 3.05) is 6.54 Å². The Hall–Kier alpha value is -2.17. The summed E-state index contributed by atoms with van der Waals surface area (Å²) in [6, 6.07) is 5.36. The van der Waals surface area contributed by atoms with E-state index in [9.17, 15) is 14.4 Å². The highest BCUT2D eigenvalue weighted by atomic mass is 16.2. The van der Waals surface area contributed by atoms with Crippen LogP contribution in [-0.2, 0) is 4.79 Å². The van der Waals surface area contributed by atoms with Crippen molar-refractivity contribution in [1.29, 1.82) is 0 Å². The Kier molecular flexibility index (Phi) is 4.96. The Balaban J connectivity index is 1.99. The predicted octanol–water partition coefficient (Wildman–Crippen LogP) is 2.29. The third kappa shape index (κ3) is 3.18. The van der Waals surface area contributed by atoms with Gasteiger partial charge in [-0.25, -0.2) is 0 Å². The summed E-state index contributed by atoms with van der Waals surface area (Å²) >= 11 is 0. The first-order chi connectivity index (χ1) is 10.5. The number of hydrogen-bond acceptors (Lipinski definition) is 3. The first-order valence-corrected chi connectivity index (χ1v) is 7.74. The molecule has 5 nitrogen and oxygen atoms in total. The quantitative estimate of drug-likeness (QED) is 0.820. The van der Waals surface area contributed by atoms with E-state index in [-0.39, 0.29) is 36.7 Å². The molecule has 118 valence electrons. The van der Waals surface area contributed by atoms with E-state index in [1.165, 1.54) is 0 Å². The summed E-state index contributed by atoms with van der Waals surface area (Å²) < 4.78 is 0. The SMILES string of the molecule is CCC(CC)NC(=O)CCN1C(=O)c2ccc(C)cc2C1=O. The lowest BCUT2D eigenvalue weighted by Crippen LogP contribution is -2.38. The minimum absolute atomic E-state index is 0.122. The smallest absolute Gasteiger partial charge is 0.261 e. The van der Waals surface area contributed by atoms with E-state index in [1.54, 1.807) is 12.1 Å². The van der Waals surface area contributed by atoms with Crippen LogP contribution in [0.2, 0.25) is 0 Å². The van der Waals surface area contributed by atoms with Crippen LogP contribution in [0.1, 0.15) is 59.4 Å². The van der Waals surface area contributed by atoms with Crippen molar-refractivity contribution in [2.45, 2.75) is 46.1 Å². The van der Waals surface area contributed by atoms with Crippen LogP contribution in [0, 0.1) is 6.92 Å². The lowest BCUT2D eigenvalue weighted by molar-refractivity contribution is -0.121. The molecule has 5 heteroatoms. The Bertz CT molecular complexity index is 606. The number of benzene rings is 1. The van der Waals surface area contributed by atoms with Crippen molar-refractivity contribution < 1.29 is 14.4 Å². The molecule has 2 rings (SSSR count). The third-order valence-corrected chi connectivity index (χ3v) is 4.04. The van der Waals surface area contributed by atoms with Crippen molar-refractivity contribution in [3.63, 3.8) is 0 Å². The van der Waals surface area contributed by atoms with Crippen LogP contribution in [0.25, 0.3) is 0 Å². The van der Waals surface area contributed by atoms with Crippen molar-refractivity contribution in [1.82, 2.24) is 10.2 Å². The molecule has 22 heavy (non-hydrogen) atoms. The summed E-state index contributed by atoms with van der Waals surface area (Å²) in [5.41, 5.74) is 1.80. The van der Waals surface area contributed by atoms with Gasteiger partial charge in [0, 0.05) is 19.0 Å². The molecule has 0 unspecified atom stereocenters. The fraction of sp³-hybridized carbons (Fsp3) is 0.471. The highest BCUT2D eigenvalue weighted by Gasteiger charge is 2.35. The number of fused-ring (bicyclic) bond motifs is 1. The zero-order valence-electron chi connectivity index (χ0n) is 13.3. The second-order valence-electron chi connectivity index (χ2n) is 5.64. The highest BCUT2D eigenvalue weighted by molar-refractivity contribution is 6.21. The summed E-state index contributed by atoms with van der Waals surface area (Å²) in [5.74, 6) is -0.740. The summed E-state index contributed by atoms with van der Waals surface area (Å²) in [7, 11) is 0. The number of amides is 3. The van der Waals surface area contributed by atoms with Crippen molar-refractivity contribution in [3.05, 3.63) is 34.9 Å². The molecule has 3 amide bonds. The molecule has 1 aliphatic heterocycles. The van der Waals surface area contributed by atoms with E-state index in [2.05, 4.69) is 5.32 Å². The number of nitrogens with one attached hydrogen (secondary N) is 1. The van der Waals surface area contributed by atoms with Gasteiger partial charge in [0.05, 0.1) is 11.1 Å². The molecule has 0 atom stereocenters. The van der Waals surface area contributed by atoms with Crippen molar-refractivity contribution in [2.24, 2.45) is 0 Å². The molecule has 1 N–H and O–H groups in total. The molecule has 0 spiro atoms. The Morgan fingerprint density at radius 1 is 1.14 bits per heavy atom. The van der Waals surface area contributed by atoms with E-state index in [4.69, 9.17) is 0 Å². The van der Waals surface area contributed by atoms with Crippen molar-refractivity contribution >= 4 is 17.7 Å². The van der Waals surface area contributed by atoms with Gasteiger partial charge in [-0.05, 0) is 31.9 Å². The standard InChI is InChI=1S/C17H22N2O3/c1-4-12(5-2)18-15(20)8-9-19-16(21)13-7-6-11(3)10-14(13)17(19)22/h6-7,10,12H,4-5,8-9H2,1-3H3,(H,18,20). The summed E-state index contributed by atoms with van der Waals surface area (Å²) in [5, 5.41) is 2.91. The number of carbonyl (C=O) groups excluding carboxylic acids is 3. The molecule has 0 saturated carbocycles. The number of rotatable bonds is 6. The zero-order valence-corrected chi connectivity index (χ0v) is 13.3. The van der Waals surface area contributed by atoms with Gasteiger partial charge in [-0.15, -0.1) is 0 Å². The van der Waals surface area contributed by atoms with Crippen LogP contribution < -0.4 is 5.32 Å². The fourth-order valence-electron chi connectivity index (χ4n) is 2.61. The van der Waals surface area contributed by atoms with E-state index in [0.717, 1.165) is 23.3 Å². The number of aryl methyl sites for hydroxylation is 1. The molecule has 0 aliphatic carbocycles. The average molecular weight is 302 g/mol. The van der Waals surface area contributed by atoms with Gasteiger partial charge in [-0.3, -0.25) is 19.3 Å². The topological polar surface area (TPSA) is 66.5 Å². The highest BCUT2D eigenvalue weighted by Crippen LogP contribution is 2.23. The van der Waals surface area contributed by atoms with Crippen LogP contribution in [0.3, 0.4) is 0 Å². The van der Waals surface area contributed by atoms with Gasteiger partial charge in [0.1, 0.15) is 0 Å². The van der Waals surface area contributed by atoms with Gasteiger partial charge in [-0.2, -0.15) is 0 Å². The molecule has 0 aromatic heterocycles. The van der Waals surface area contributed by atoms with Crippen molar-refractivity contribution in [3.8, 4) is 0 Å². The van der Waals surface area contributed by atoms with Crippen LogP contribution in [-0.4, -0.2) is 35.2 Å². The normalized spacial score (nSPS) is 13.7. The first-order valence-electron chi connectivity index (χ1n) is 7.74. The first kappa shape index (κ1) is 16.2. The molecule has 0 fully saturated rings. The lowest BCUT2D eigenvalue weighted by atomic mass is 10.1. The van der Waals surface area contributed by atoms with Gasteiger partial charge in [0.15, 0.2) is 0 Å². The Morgan fingerprint density at radius 3 is 2.41 bits per heavy atom. The van der Waals surface area contributed by atoms with Crippen LogP contribution in [0.15, 0.2) is 18.2 Å². The maximum atomic E-state index is 12.3. The van der Waals surface area contributed by atoms with Gasteiger partial charge in [-0.1, -0.05) is 25.5 Å². The largest absolute Gasteiger partial charge is 0.353 e.